The maximum absolute atomic E-state index is 12.0. The van der Waals surface area contributed by atoms with Crippen LogP contribution >= 0.6 is 0 Å². The first-order valence-electron chi connectivity index (χ1n) is 7.53. The number of ether oxygens (including phenoxy) is 2. The summed E-state index contributed by atoms with van der Waals surface area (Å²) in [7, 11) is 0. The van der Waals surface area contributed by atoms with Gasteiger partial charge in [-0.3, -0.25) is 30.0 Å². The highest BCUT2D eigenvalue weighted by atomic mass is 16.5. The van der Waals surface area contributed by atoms with E-state index >= 15 is 0 Å². The van der Waals surface area contributed by atoms with E-state index in [0.29, 0.717) is 11.5 Å². The van der Waals surface area contributed by atoms with Crippen molar-refractivity contribution in [2.24, 2.45) is 0 Å². The molecule has 2 rings (SSSR count). The van der Waals surface area contributed by atoms with E-state index in [1.165, 1.54) is 62.4 Å². The van der Waals surface area contributed by atoms with E-state index in [2.05, 4.69) is 10.9 Å². The van der Waals surface area contributed by atoms with Gasteiger partial charge < -0.3 is 9.47 Å². The van der Waals surface area contributed by atoms with Crippen LogP contribution in [0.25, 0.3) is 0 Å². The fourth-order valence-electron chi connectivity index (χ4n) is 1.94. The summed E-state index contributed by atoms with van der Waals surface area (Å²) in [5.74, 6) is -1.38. The molecule has 2 aromatic rings. The number of esters is 2. The highest BCUT2D eigenvalue weighted by molar-refractivity contribution is 5.99. The van der Waals surface area contributed by atoms with Crippen LogP contribution in [-0.2, 0) is 9.59 Å². The van der Waals surface area contributed by atoms with Gasteiger partial charge in [-0.1, -0.05) is 0 Å². The Labute approximate surface area is 149 Å². The average molecular weight is 356 g/mol. The molecular weight excluding hydrogens is 340 g/mol. The molecule has 0 aromatic heterocycles. The summed E-state index contributed by atoms with van der Waals surface area (Å²) in [5, 5.41) is 0. The summed E-state index contributed by atoms with van der Waals surface area (Å²) in [5.41, 5.74) is 5.08. The normalized spacial score (nSPS) is 9.77. The molecule has 0 aliphatic carbocycles. The van der Waals surface area contributed by atoms with Crippen molar-refractivity contribution in [3.05, 3.63) is 59.7 Å². The van der Waals surface area contributed by atoms with Gasteiger partial charge in [0.15, 0.2) is 0 Å². The van der Waals surface area contributed by atoms with Crippen LogP contribution in [0.2, 0.25) is 0 Å². The summed E-state index contributed by atoms with van der Waals surface area (Å²) in [4.78, 5) is 45.7. The molecule has 2 N–H and O–H groups in total. The van der Waals surface area contributed by atoms with Gasteiger partial charge in [0, 0.05) is 25.0 Å². The number of carbonyl (C=O) groups is 4. The number of hydrogen-bond acceptors (Lipinski definition) is 6. The topological polar surface area (TPSA) is 111 Å². The zero-order chi connectivity index (χ0) is 19.1. The van der Waals surface area contributed by atoms with E-state index in [-0.39, 0.29) is 11.1 Å². The molecule has 134 valence electrons. The van der Waals surface area contributed by atoms with Crippen LogP contribution in [0, 0.1) is 0 Å². The first kappa shape index (κ1) is 18.7. The summed E-state index contributed by atoms with van der Waals surface area (Å²) in [6.45, 7) is 2.55. The van der Waals surface area contributed by atoms with E-state index in [4.69, 9.17) is 9.47 Å². The zero-order valence-electron chi connectivity index (χ0n) is 14.1. The van der Waals surface area contributed by atoms with E-state index in [9.17, 15) is 19.2 Å². The van der Waals surface area contributed by atoms with E-state index in [0.717, 1.165) is 0 Å². The van der Waals surface area contributed by atoms with Gasteiger partial charge in [-0.25, -0.2) is 0 Å². The molecule has 2 amide bonds. The second kappa shape index (κ2) is 8.43. The molecule has 0 saturated carbocycles. The van der Waals surface area contributed by atoms with Crippen LogP contribution < -0.4 is 20.3 Å². The third-order valence-electron chi connectivity index (χ3n) is 3.05. The van der Waals surface area contributed by atoms with Crippen molar-refractivity contribution >= 4 is 23.8 Å². The van der Waals surface area contributed by atoms with Crippen molar-refractivity contribution < 1.29 is 28.7 Å². The Morgan fingerprint density at radius 3 is 1.19 bits per heavy atom. The maximum Gasteiger partial charge on any atom is 0.308 e. The number of carbonyl (C=O) groups excluding carboxylic acids is 4. The lowest BCUT2D eigenvalue weighted by Crippen LogP contribution is -2.41. The first-order chi connectivity index (χ1) is 12.3. The van der Waals surface area contributed by atoms with Crippen LogP contribution in [0.15, 0.2) is 48.5 Å². The Bertz CT molecular complexity index is 756. The second-order valence-corrected chi connectivity index (χ2v) is 5.14. The van der Waals surface area contributed by atoms with Gasteiger partial charge >= 0.3 is 11.9 Å². The Morgan fingerprint density at radius 1 is 0.615 bits per heavy atom. The van der Waals surface area contributed by atoms with Crippen molar-refractivity contribution in [1.82, 2.24) is 10.9 Å². The largest absolute Gasteiger partial charge is 0.427 e. The highest BCUT2D eigenvalue weighted by Gasteiger charge is 2.10. The molecule has 0 aliphatic rings. The molecule has 0 bridgehead atoms. The van der Waals surface area contributed by atoms with Crippen LogP contribution in [0.4, 0.5) is 0 Å². The minimum Gasteiger partial charge on any atom is -0.427 e. The quantitative estimate of drug-likeness (QED) is 0.489. The molecule has 8 nitrogen and oxygen atoms in total. The van der Waals surface area contributed by atoms with Gasteiger partial charge in [-0.15, -0.1) is 0 Å². The summed E-state index contributed by atoms with van der Waals surface area (Å²) < 4.78 is 9.73. The van der Waals surface area contributed by atoms with E-state index in [1.807, 2.05) is 0 Å². The number of hydrazine groups is 1. The first-order valence-corrected chi connectivity index (χ1v) is 7.53. The molecule has 0 saturated heterocycles. The molecule has 0 aliphatic heterocycles. The molecular formula is C18H16N2O6. The van der Waals surface area contributed by atoms with Crippen LogP contribution in [0.1, 0.15) is 34.6 Å². The lowest BCUT2D eigenvalue weighted by molar-refractivity contribution is -0.132. The van der Waals surface area contributed by atoms with Gasteiger partial charge in [0.2, 0.25) is 0 Å². The number of amides is 2. The third kappa shape index (κ3) is 5.45. The minimum atomic E-state index is -0.538. The maximum atomic E-state index is 12.0. The molecule has 26 heavy (non-hydrogen) atoms. The third-order valence-corrected chi connectivity index (χ3v) is 3.05. The molecule has 8 heteroatoms. The molecule has 0 radical (unpaired) electrons. The van der Waals surface area contributed by atoms with Gasteiger partial charge in [0.25, 0.3) is 11.8 Å². The monoisotopic (exact) mass is 356 g/mol. The van der Waals surface area contributed by atoms with Crippen molar-refractivity contribution in [3.63, 3.8) is 0 Å². The van der Waals surface area contributed by atoms with E-state index in [1.54, 1.807) is 0 Å². The predicted molar refractivity (Wildman–Crippen MR) is 90.4 cm³/mol. The van der Waals surface area contributed by atoms with Gasteiger partial charge in [-0.05, 0) is 48.5 Å². The van der Waals surface area contributed by atoms with Crippen LogP contribution in [0.5, 0.6) is 11.5 Å². The van der Waals surface area contributed by atoms with Gasteiger partial charge in [0.1, 0.15) is 11.5 Å². The summed E-state index contributed by atoms with van der Waals surface area (Å²) >= 11 is 0. The Kier molecular flexibility index (Phi) is 6.05. The average Bonchev–Trinajstić information content (AvgIpc) is 2.59. The van der Waals surface area contributed by atoms with Crippen molar-refractivity contribution in [2.45, 2.75) is 13.8 Å². The number of rotatable bonds is 4. The fourth-order valence-corrected chi connectivity index (χ4v) is 1.94. The Balaban J connectivity index is 1.90. The predicted octanol–water partition coefficient (Wildman–Crippen LogP) is 1.61. The SMILES string of the molecule is CC(=O)Oc1ccc(C(=O)NNC(=O)c2ccc(OC(C)=O)cc2)cc1. The number of benzene rings is 2. The van der Waals surface area contributed by atoms with E-state index < -0.39 is 23.8 Å². The molecule has 0 fully saturated rings. The Morgan fingerprint density at radius 2 is 0.923 bits per heavy atom. The molecule has 2 aromatic carbocycles. The van der Waals surface area contributed by atoms with Crippen LogP contribution in [0.3, 0.4) is 0 Å². The standard InChI is InChI=1S/C18H16N2O6/c1-11(21)25-15-7-3-13(4-8-15)17(23)19-20-18(24)14-5-9-16(10-6-14)26-12(2)22/h3-10H,1-2H3,(H,19,23)(H,20,24). The summed E-state index contributed by atoms with van der Waals surface area (Å²) in [6.07, 6.45) is 0. The van der Waals surface area contributed by atoms with Gasteiger partial charge in [0.05, 0.1) is 0 Å². The summed E-state index contributed by atoms with van der Waals surface area (Å²) in [6, 6.07) is 11.7. The molecule has 0 atom stereocenters. The fraction of sp³-hybridized carbons (Fsp3) is 0.111. The lowest BCUT2D eigenvalue weighted by atomic mass is 10.2. The van der Waals surface area contributed by atoms with Gasteiger partial charge in [-0.2, -0.15) is 0 Å². The number of hydrogen-bond donors (Lipinski definition) is 2. The van der Waals surface area contributed by atoms with Crippen molar-refractivity contribution in [2.75, 3.05) is 0 Å². The van der Waals surface area contributed by atoms with Crippen molar-refractivity contribution in [1.29, 1.82) is 0 Å². The Hall–Kier alpha value is -3.68. The zero-order valence-corrected chi connectivity index (χ0v) is 14.1. The molecule has 0 unspecified atom stereocenters. The number of nitrogens with one attached hydrogen (secondary N) is 2. The van der Waals surface area contributed by atoms with Crippen molar-refractivity contribution in [3.8, 4) is 11.5 Å². The molecule has 0 spiro atoms. The highest BCUT2D eigenvalue weighted by Crippen LogP contribution is 2.13. The molecule has 0 heterocycles. The minimum absolute atomic E-state index is 0.270. The van der Waals surface area contributed by atoms with Crippen LogP contribution in [-0.4, -0.2) is 23.8 Å². The lowest BCUT2D eigenvalue weighted by Gasteiger charge is -2.08. The second-order valence-electron chi connectivity index (χ2n) is 5.14. The smallest absolute Gasteiger partial charge is 0.308 e.